The van der Waals surface area contributed by atoms with Crippen molar-refractivity contribution in [1.29, 1.82) is 0 Å². The van der Waals surface area contributed by atoms with Crippen molar-refractivity contribution in [1.82, 2.24) is 0 Å². The van der Waals surface area contributed by atoms with E-state index < -0.39 is 20.0 Å². The maximum Gasteiger partial charge on any atom is 0.255 e. The molecule has 0 atom stereocenters. The van der Waals surface area contributed by atoms with Gasteiger partial charge in [0.15, 0.2) is 0 Å². The second kappa shape index (κ2) is 7.61. The van der Waals surface area contributed by atoms with Gasteiger partial charge in [0.2, 0.25) is 20.0 Å². The number of benzene rings is 2. The Morgan fingerprint density at radius 1 is 0.926 bits per heavy atom. The first-order chi connectivity index (χ1) is 12.3. The Morgan fingerprint density at radius 3 is 1.89 bits per heavy atom. The number of carbonyl (C=O) groups excluding carboxylic acids is 1. The smallest absolute Gasteiger partial charge is 0.255 e. The maximum absolute atomic E-state index is 12.4. The van der Waals surface area contributed by atoms with Crippen molar-refractivity contribution in [3.63, 3.8) is 0 Å². The van der Waals surface area contributed by atoms with Crippen LogP contribution in [0.15, 0.2) is 40.9 Å². The maximum atomic E-state index is 12.4. The summed E-state index contributed by atoms with van der Waals surface area (Å²) in [6.07, 6.45) is 1.60. The highest BCUT2D eigenvalue weighted by molar-refractivity contribution is 9.10. The van der Waals surface area contributed by atoms with E-state index >= 15 is 0 Å². The molecule has 0 fully saturated rings. The summed E-state index contributed by atoms with van der Waals surface area (Å²) < 4.78 is 48.1. The van der Waals surface area contributed by atoms with Crippen molar-refractivity contribution in [3.8, 4) is 0 Å². The summed E-state index contributed by atoms with van der Waals surface area (Å²) in [5, 5.41) is 2.71. The molecule has 1 N–H and O–H groups in total. The molecular formula is C17H19BrN2O5S2. The minimum Gasteiger partial charge on any atom is -0.322 e. The molecule has 0 heterocycles. The number of carbonyl (C=O) groups is 1. The van der Waals surface area contributed by atoms with Gasteiger partial charge in [-0.3, -0.25) is 4.79 Å². The Labute approximate surface area is 167 Å². The third-order valence-corrected chi connectivity index (χ3v) is 7.35. The van der Waals surface area contributed by atoms with Crippen molar-refractivity contribution in [3.05, 3.63) is 57.6 Å². The average Bonchev–Trinajstić information content (AvgIpc) is 2.46. The zero-order chi connectivity index (χ0) is 20.6. The van der Waals surface area contributed by atoms with Crippen LogP contribution >= 0.6 is 15.9 Å². The van der Waals surface area contributed by atoms with Crippen LogP contribution in [0.4, 0.5) is 11.4 Å². The number of halogens is 1. The first-order valence-electron chi connectivity index (χ1n) is 7.69. The molecule has 0 aromatic heterocycles. The third kappa shape index (κ3) is 5.30. The SMILES string of the molecule is Cc1cc(C)cc(C(=O)Nc2ccc(N(S(C)(=O)=O)S(C)(=O)=O)c(Br)c2)c1. The normalized spacial score (nSPS) is 11.9. The fourth-order valence-electron chi connectivity index (χ4n) is 2.64. The predicted molar refractivity (Wildman–Crippen MR) is 110 cm³/mol. The minimum atomic E-state index is -4.06. The molecule has 0 aliphatic carbocycles. The second-order valence-electron chi connectivity index (χ2n) is 6.22. The fraction of sp³-hybridized carbons (Fsp3) is 0.235. The quantitative estimate of drug-likeness (QED) is 0.717. The van der Waals surface area contributed by atoms with E-state index in [0.29, 0.717) is 15.0 Å². The van der Waals surface area contributed by atoms with E-state index in [-0.39, 0.29) is 16.1 Å². The number of hydrogen-bond donors (Lipinski definition) is 1. The van der Waals surface area contributed by atoms with Crippen LogP contribution in [0.2, 0.25) is 0 Å². The number of nitrogens with one attached hydrogen (secondary N) is 1. The molecule has 0 spiro atoms. The molecule has 7 nitrogen and oxygen atoms in total. The van der Waals surface area contributed by atoms with Gasteiger partial charge in [0.05, 0.1) is 18.2 Å². The summed E-state index contributed by atoms with van der Waals surface area (Å²) >= 11 is 3.18. The van der Waals surface area contributed by atoms with Gasteiger partial charge < -0.3 is 5.32 Å². The third-order valence-electron chi connectivity index (χ3n) is 3.49. The number of anilines is 2. The van der Waals surface area contributed by atoms with Gasteiger partial charge in [-0.15, -0.1) is 0 Å². The van der Waals surface area contributed by atoms with E-state index in [1.165, 1.54) is 18.2 Å². The lowest BCUT2D eigenvalue weighted by Gasteiger charge is -2.21. The Bertz CT molecular complexity index is 1060. The van der Waals surface area contributed by atoms with E-state index in [1.54, 1.807) is 12.1 Å². The van der Waals surface area contributed by atoms with Gasteiger partial charge in [0.1, 0.15) is 0 Å². The summed E-state index contributed by atoms with van der Waals surface area (Å²) in [6.45, 7) is 3.78. The van der Waals surface area contributed by atoms with Gasteiger partial charge in [0.25, 0.3) is 5.91 Å². The Balaban J connectivity index is 2.38. The lowest BCUT2D eigenvalue weighted by atomic mass is 10.1. The second-order valence-corrected chi connectivity index (χ2v) is 11.0. The summed E-state index contributed by atoms with van der Waals surface area (Å²) in [5.74, 6) is -0.329. The van der Waals surface area contributed by atoms with Crippen LogP contribution in [-0.2, 0) is 20.0 Å². The zero-order valence-corrected chi connectivity index (χ0v) is 18.4. The monoisotopic (exact) mass is 474 g/mol. The standard InChI is InChI=1S/C17H19BrN2O5S2/c1-11-7-12(2)9-13(8-11)17(21)19-14-5-6-16(15(18)10-14)20(26(3,22)23)27(4,24)25/h5-10H,1-4H3,(H,19,21). The van der Waals surface area contributed by atoms with Crippen LogP contribution in [-0.4, -0.2) is 35.3 Å². The van der Waals surface area contributed by atoms with Crippen LogP contribution in [0.1, 0.15) is 21.5 Å². The van der Waals surface area contributed by atoms with E-state index in [4.69, 9.17) is 0 Å². The molecule has 10 heteroatoms. The number of nitrogens with zero attached hydrogens (tertiary/aromatic N) is 1. The van der Waals surface area contributed by atoms with E-state index in [2.05, 4.69) is 21.2 Å². The van der Waals surface area contributed by atoms with Crippen LogP contribution < -0.4 is 9.03 Å². The number of aryl methyl sites for hydroxylation is 2. The first-order valence-corrected chi connectivity index (χ1v) is 12.2. The lowest BCUT2D eigenvalue weighted by molar-refractivity contribution is 0.102. The van der Waals surface area contributed by atoms with Crippen molar-refractivity contribution >= 4 is 53.3 Å². The first kappa shape index (κ1) is 21.4. The molecule has 2 aromatic rings. The van der Waals surface area contributed by atoms with Gasteiger partial charge in [-0.1, -0.05) is 17.2 Å². The van der Waals surface area contributed by atoms with Crippen molar-refractivity contribution in [2.75, 3.05) is 21.5 Å². The molecule has 2 rings (SSSR count). The molecule has 0 unspecified atom stereocenters. The van der Waals surface area contributed by atoms with E-state index in [9.17, 15) is 21.6 Å². The van der Waals surface area contributed by atoms with E-state index in [1.807, 2.05) is 19.9 Å². The topological polar surface area (TPSA) is 101 Å². The van der Waals surface area contributed by atoms with Gasteiger partial charge in [-0.25, -0.2) is 16.8 Å². The molecule has 2 aromatic carbocycles. The highest BCUT2D eigenvalue weighted by Gasteiger charge is 2.29. The van der Waals surface area contributed by atoms with Crippen molar-refractivity contribution < 1.29 is 21.6 Å². The minimum absolute atomic E-state index is 0.0654. The molecule has 27 heavy (non-hydrogen) atoms. The lowest BCUT2D eigenvalue weighted by Crippen LogP contribution is -2.35. The van der Waals surface area contributed by atoms with Gasteiger partial charge in [-0.05, 0) is 60.1 Å². The summed E-state index contributed by atoms with van der Waals surface area (Å²) in [6, 6.07) is 9.64. The molecule has 146 valence electrons. The fourth-order valence-corrected chi connectivity index (χ4v) is 6.44. The largest absolute Gasteiger partial charge is 0.322 e. The number of rotatable bonds is 5. The number of amides is 1. The highest BCUT2D eigenvalue weighted by Crippen LogP contribution is 2.32. The molecule has 0 aliphatic heterocycles. The summed E-state index contributed by atoms with van der Waals surface area (Å²) in [7, 11) is -8.12. The molecule has 0 radical (unpaired) electrons. The Kier molecular flexibility index (Phi) is 6.03. The van der Waals surface area contributed by atoms with Crippen LogP contribution in [0, 0.1) is 13.8 Å². The van der Waals surface area contributed by atoms with Gasteiger partial charge in [-0.2, -0.15) is 3.71 Å². The molecule has 0 saturated carbocycles. The van der Waals surface area contributed by atoms with Crippen LogP contribution in [0.25, 0.3) is 0 Å². The number of hydrogen-bond acceptors (Lipinski definition) is 5. The Hall–Kier alpha value is -1.91. The van der Waals surface area contributed by atoms with Gasteiger partial charge in [0, 0.05) is 15.7 Å². The molecule has 0 bridgehead atoms. The highest BCUT2D eigenvalue weighted by atomic mass is 79.9. The van der Waals surface area contributed by atoms with Crippen molar-refractivity contribution in [2.24, 2.45) is 0 Å². The van der Waals surface area contributed by atoms with Gasteiger partial charge >= 0.3 is 0 Å². The van der Waals surface area contributed by atoms with Crippen molar-refractivity contribution in [2.45, 2.75) is 13.8 Å². The van der Waals surface area contributed by atoms with E-state index in [0.717, 1.165) is 23.6 Å². The summed E-state index contributed by atoms with van der Waals surface area (Å²) in [5.41, 5.74) is 2.71. The summed E-state index contributed by atoms with van der Waals surface area (Å²) in [4.78, 5) is 12.4. The Morgan fingerprint density at radius 2 is 1.44 bits per heavy atom. The van der Waals surface area contributed by atoms with Crippen LogP contribution in [0.3, 0.4) is 0 Å². The molecule has 0 aliphatic rings. The molecule has 0 saturated heterocycles. The molecular weight excluding hydrogens is 456 g/mol. The predicted octanol–water partition coefficient (Wildman–Crippen LogP) is 3.04. The molecule has 1 amide bonds. The zero-order valence-electron chi connectivity index (χ0n) is 15.1. The average molecular weight is 475 g/mol. The van der Waals surface area contributed by atoms with Crippen LogP contribution in [0.5, 0.6) is 0 Å². The number of sulfonamides is 2.